The molecule has 7 heteroatoms. The standard InChI is InChI=1S/C19H22N2O4S/c1-21(26(23,24)18-11-9-17(25-2)10-12-18)13-14-3-5-15(6-4-14)19(22)20-16-7-8-16/h3-6,9-12,16H,7-8,13H2,1-2H3,(H,20,22). The number of ether oxygens (including phenoxy) is 1. The maximum atomic E-state index is 12.7. The first-order chi connectivity index (χ1) is 12.4. The van der Waals surface area contributed by atoms with Gasteiger partial charge in [-0.25, -0.2) is 8.42 Å². The molecule has 1 aliphatic carbocycles. The molecule has 1 saturated carbocycles. The molecular weight excluding hydrogens is 352 g/mol. The van der Waals surface area contributed by atoms with E-state index in [1.807, 2.05) is 0 Å². The number of hydrogen-bond donors (Lipinski definition) is 1. The normalized spacial score (nSPS) is 14.3. The lowest BCUT2D eigenvalue weighted by Crippen LogP contribution is -2.27. The molecule has 2 aromatic rings. The Labute approximate surface area is 153 Å². The predicted octanol–water partition coefficient (Wildman–Crippen LogP) is 2.41. The minimum Gasteiger partial charge on any atom is -0.497 e. The average molecular weight is 374 g/mol. The summed E-state index contributed by atoms with van der Waals surface area (Å²) in [6.45, 7) is 0.221. The number of nitrogens with zero attached hydrogens (tertiary/aromatic N) is 1. The third-order valence-corrected chi connectivity index (χ3v) is 6.12. The highest BCUT2D eigenvalue weighted by Gasteiger charge is 2.24. The molecule has 26 heavy (non-hydrogen) atoms. The number of hydrogen-bond acceptors (Lipinski definition) is 4. The molecule has 0 bridgehead atoms. The summed E-state index contributed by atoms with van der Waals surface area (Å²) in [6, 6.07) is 13.6. The molecule has 0 saturated heterocycles. The quantitative estimate of drug-likeness (QED) is 0.807. The SMILES string of the molecule is COc1ccc(S(=O)(=O)N(C)Cc2ccc(C(=O)NC3CC3)cc2)cc1. The van der Waals surface area contributed by atoms with Gasteiger partial charge in [0, 0.05) is 25.2 Å². The van der Waals surface area contributed by atoms with E-state index in [4.69, 9.17) is 4.74 Å². The van der Waals surface area contributed by atoms with Crippen molar-refractivity contribution in [3.05, 3.63) is 59.7 Å². The second-order valence-electron chi connectivity index (χ2n) is 6.38. The molecule has 0 heterocycles. The molecule has 0 aromatic heterocycles. The van der Waals surface area contributed by atoms with Crippen molar-refractivity contribution in [1.29, 1.82) is 0 Å². The number of rotatable bonds is 7. The third kappa shape index (κ3) is 4.23. The highest BCUT2D eigenvalue weighted by molar-refractivity contribution is 7.89. The van der Waals surface area contributed by atoms with Crippen LogP contribution in [-0.4, -0.2) is 38.8 Å². The molecule has 1 N–H and O–H groups in total. The fraction of sp³-hybridized carbons (Fsp3) is 0.316. The van der Waals surface area contributed by atoms with Gasteiger partial charge in [0.05, 0.1) is 12.0 Å². The van der Waals surface area contributed by atoms with Crippen molar-refractivity contribution in [2.45, 2.75) is 30.3 Å². The lowest BCUT2D eigenvalue weighted by molar-refractivity contribution is 0.0951. The molecule has 6 nitrogen and oxygen atoms in total. The van der Waals surface area contributed by atoms with Gasteiger partial charge < -0.3 is 10.1 Å². The summed E-state index contributed by atoms with van der Waals surface area (Å²) < 4.78 is 31.7. The number of nitrogens with one attached hydrogen (secondary N) is 1. The number of benzene rings is 2. The van der Waals surface area contributed by atoms with Crippen LogP contribution in [0.25, 0.3) is 0 Å². The van der Waals surface area contributed by atoms with Gasteiger partial charge in [-0.3, -0.25) is 4.79 Å². The summed E-state index contributed by atoms with van der Waals surface area (Å²) in [4.78, 5) is 12.2. The molecular formula is C19H22N2O4S. The topological polar surface area (TPSA) is 75.7 Å². The van der Waals surface area contributed by atoms with Gasteiger partial charge in [0.1, 0.15) is 5.75 Å². The largest absolute Gasteiger partial charge is 0.497 e. The molecule has 0 spiro atoms. The van der Waals surface area contributed by atoms with Crippen molar-refractivity contribution < 1.29 is 17.9 Å². The third-order valence-electron chi connectivity index (χ3n) is 4.30. The summed E-state index contributed by atoms with van der Waals surface area (Å²) in [5, 5.41) is 2.93. The van der Waals surface area contributed by atoms with Gasteiger partial charge in [-0.2, -0.15) is 4.31 Å². The summed E-state index contributed by atoms with van der Waals surface area (Å²) in [5.74, 6) is 0.518. The highest BCUT2D eigenvalue weighted by atomic mass is 32.2. The van der Waals surface area contributed by atoms with Gasteiger partial charge in [0.15, 0.2) is 0 Å². The molecule has 138 valence electrons. The van der Waals surface area contributed by atoms with Gasteiger partial charge in [-0.05, 0) is 54.8 Å². The Balaban J connectivity index is 1.67. The Morgan fingerprint density at radius 1 is 1.12 bits per heavy atom. The fourth-order valence-corrected chi connectivity index (χ4v) is 3.69. The Bertz CT molecular complexity index is 873. The average Bonchev–Trinajstić information content (AvgIpc) is 3.46. The second-order valence-corrected chi connectivity index (χ2v) is 8.43. The summed E-state index contributed by atoms with van der Waals surface area (Å²) in [5.41, 5.74) is 1.40. The molecule has 0 unspecified atom stereocenters. The van der Waals surface area contributed by atoms with E-state index in [1.165, 1.54) is 30.6 Å². The smallest absolute Gasteiger partial charge is 0.251 e. The van der Waals surface area contributed by atoms with Crippen molar-refractivity contribution in [3.8, 4) is 5.75 Å². The monoisotopic (exact) mass is 374 g/mol. The Kier molecular flexibility index (Phi) is 5.29. The minimum absolute atomic E-state index is 0.0849. The van der Waals surface area contributed by atoms with Crippen molar-refractivity contribution in [3.63, 3.8) is 0 Å². The van der Waals surface area contributed by atoms with Crippen LogP contribution in [0.15, 0.2) is 53.4 Å². The number of carbonyl (C=O) groups is 1. The second kappa shape index (κ2) is 7.47. The molecule has 0 aliphatic heterocycles. The van der Waals surface area contributed by atoms with Crippen molar-refractivity contribution >= 4 is 15.9 Å². The van der Waals surface area contributed by atoms with Crippen LogP contribution in [0.3, 0.4) is 0 Å². The zero-order valence-corrected chi connectivity index (χ0v) is 15.6. The van der Waals surface area contributed by atoms with E-state index in [-0.39, 0.29) is 17.3 Å². The van der Waals surface area contributed by atoms with Gasteiger partial charge >= 0.3 is 0 Å². The van der Waals surface area contributed by atoms with Gasteiger partial charge in [-0.15, -0.1) is 0 Å². The molecule has 3 rings (SSSR count). The molecule has 1 aliphatic rings. The number of amides is 1. The van der Waals surface area contributed by atoms with Gasteiger partial charge in [-0.1, -0.05) is 12.1 Å². The molecule has 1 fully saturated rings. The van der Waals surface area contributed by atoms with Crippen LogP contribution >= 0.6 is 0 Å². The summed E-state index contributed by atoms with van der Waals surface area (Å²) in [7, 11) is -0.531. The lowest BCUT2D eigenvalue weighted by atomic mass is 10.1. The molecule has 2 aromatic carbocycles. The Morgan fingerprint density at radius 3 is 2.27 bits per heavy atom. The zero-order valence-electron chi connectivity index (χ0n) is 14.8. The predicted molar refractivity (Wildman–Crippen MR) is 98.6 cm³/mol. The first-order valence-corrected chi connectivity index (χ1v) is 9.84. The molecule has 0 atom stereocenters. The van der Waals surface area contributed by atoms with Crippen LogP contribution in [0, 0.1) is 0 Å². The number of carbonyl (C=O) groups excluding carboxylic acids is 1. The fourth-order valence-electron chi connectivity index (χ4n) is 2.53. The highest BCUT2D eigenvalue weighted by Crippen LogP contribution is 2.21. The van der Waals surface area contributed by atoms with E-state index in [0.717, 1.165) is 18.4 Å². The van der Waals surface area contributed by atoms with E-state index < -0.39 is 10.0 Å². The van der Waals surface area contributed by atoms with E-state index in [0.29, 0.717) is 17.4 Å². The van der Waals surface area contributed by atoms with E-state index in [9.17, 15) is 13.2 Å². The van der Waals surface area contributed by atoms with E-state index >= 15 is 0 Å². The summed E-state index contributed by atoms with van der Waals surface area (Å²) in [6.07, 6.45) is 2.08. The molecule has 0 radical (unpaired) electrons. The van der Waals surface area contributed by atoms with Gasteiger partial charge in [0.25, 0.3) is 5.91 Å². The van der Waals surface area contributed by atoms with Crippen LogP contribution in [-0.2, 0) is 16.6 Å². The lowest BCUT2D eigenvalue weighted by Gasteiger charge is -2.17. The van der Waals surface area contributed by atoms with Crippen LogP contribution < -0.4 is 10.1 Å². The molecule has 1 amide bonds. The Morgan fingerprint density at radius 2 is 1.73 bits per heavy atom. The first-order valence-electron chi connectivity index (χ1n) is 8.40. The summed E-state index contributed by atoms with van der Waals surface area (Å²) >= 11 is 0. The van der Waals surface area contributed by atoms with Crippen molar-refractivity contribution in [2.24, 2.45) is 0 Å². The maximum Gasteiger partial charge on any atom is 0.251 e. The minimum atomic E-state index is -3.60. The van der Waals surface area contributed by atoms with Crippen molar-refractivity contribution in [1.82, 2.24) is 9.62 Å². The van der Waals surface area contributed by atoms with Crippen LogP contribution in [0.1, 0.15) is 28.8 Å². The Hall–Kier alpha value is -2.38. The maximum absolute atomic E-state index is 12.7. The number of sulfonamides is 1. The van der Waals surface area contributed by atoms with Crippen LogP contribution in [0.2, 0.25) is 0 Å². The van der Waals surface area contributed by atoms with E-state index in [1.54, 1.807) is 36.4 Å². The van der Waals surface area contributed by atoms with E-state index in [2.05, 4.69) is 5.32 Å². The number of methoxy groups -OCH3 is 1. The van der Waals surface area contributed by atoms with Crippen LogP contribution in [0.4, 0.5) is 0 Å². The van der Waals surface area contributed by atoms with Crippen molar-refractivity contribution in [2.75, 3.05) is 14.2 Å². The first kappa shape index (κ1) is 18.4. The zero-order chi connectivity index (χ0) is 18.7. The van der Waals surface area contributed by atoms with Crippen LogP contribution in [0.5, 0.6) is 5.75 Å². The van der Waals surface area contributed by atoms with Gasteiger partial charge in [0.2, 0.25) is 10.0 Å².